The van der Waals surface area contributed by atoms with Gasteiger partial charge >= 0.3 is 6.09 Å². The molecule has 0 spiro atoms. The molecule has 2 aromatic rings. The van der Waals surface area contributed by atoms with Crippen molar-refractivity contribution in [3.63, 3.8) is 0 Å². The number of amides is 1. The first-order valence-corrected chi connectivity index (χ1v) is 10.9. The highest BCUT2D eigenvalue weighted by atomic mass is 16.6. The van der Waals surface area contributed by atoms with E-state index in [-0.39, 0.29) is 17.7 Å². The van der Waals surface area contributed by atoms with Crippen LogP contribution in [0.4, 0.5) is 10.5 Å². The lowest BCUT2D eigenvalue weighted by atomic mass is 10.1. The SMILES string of the molecule is CCOC(=O)N1CCN(c2ccc(C(=O)/C=C/c3ccc(/C=C/C(=O)CO)cc3)cc2)CC1. The highest BCUT2D eigenvalue weighted by Gasteiger charge is 2.22. The number of aliphatic hydroxyl groups is 1. The van der Waals surface area contributed by atoms with E-state index in [0.717, 1.165) is 16.8 Å². The number of hydrogen-bond donors (Lipinski definition) is 1. The first kappa shape index (κ1) is 23.9. The third-order valence-electron chi connectivity index (χ3n) is 5.30. The molecular formula is C26H28N2O5. The molecular weight excluding hydrogens is 420 g/mol. The minimum atomic E-state index is -0.507. The van der Waals surface area contributed by atoms with Crippen LogP contribution in [0.5, 0.6) is 0 Å². The van der Waals surface area contributed by atoms with E-state index in [1.54, 1.807) is 24.0 Å². The molecule has 0 radical (unpaired) electrons. The Hall–Kier alpha value is -3.71. The zero-order valence-electron chi connectivity index (χ0n) is 18.6. The number of hydrogen-bond acceptors (Lipinski definition) is 6. The monoisotopic (exact) mass is 448 g/mol. The van der Waals surface area contributed by atoms with Gasteiger partial charge in [0.05, 0.1) is 6.61 Å². The topological polar surface area (TPSA) is 87.2 Å². The van der Waals surface area contributed by atoms with E-state index in [9.17, 15) is 14.4 Å². The Kier molecular flexibility index (Phi) is 8.55. The van der Waals surface area contributed by atoms with Gasteiger partial charge in [-0.1, -0.05) is 36.4 Å². The lowest BCUT2D eigenvalue weighted by Gasteiger charge is -2.35. The number of carbonyl (C=O) groups excluding carboxylic acids is 3. The van der Waals surface area contributed by atoms with Crippen molar-refractivity contribution in [2.45, 2.75) is 6.92 Å². The van der Waals surface area contributed by atoms with Crippen molar-refractivity contribution in [3.05, 3.63) is 77.4 Å². The van der Waals surface area contributed by atoms with Crippen LogP contribution >= 0.6 is 0 Å². The average molecular weight is 449 g/mol. The first-order chi connectivity index (χ1) is 16.0. The Morgan fingerprint density at radius 1 is 0.879 bits per heavy atom. The molecule has 1 N–H and O–H groups in total. The molecule has 7 nitrogen and oxygen atoms in total. The number of nitrogens with zero attached hydrogens (tertiary/aromatic N) is 2. The maximum atomic E-state index is 12.5. The van der Waals surface area contributed by atoms with Crippen LogP contribution in [0, 0.1) is 0 Å². The molecule has 2 aromatic carbocycles. The molecule has 7 heteroatoms. The van der Waals surface area contributed by atoms with Crippen molar-refractivity contribution in [3.8, 4) is 0 Å². The van der Waals surface area contributed by atoms with E-state index in [1.807, 2.05) is 48.5 Å². The number of piperazine rings is 1. The molecule has 0 atom stereocenters. The first-order valence-electron chi connectivity index (χ1n) is 10.9. The summed E-state index contributed by atoms with van der Waals surface area (Å²) in [6.07, 6.45) is 5.98. The van der Waals surface area contributed by atoms with Crippen LogP contribution in [0.15, 0.2) is 60.7 Å². The smallest absolute Gasteiger partial charge is 0.409 e. The van der Waals surface area contributed by atoms with E-state index in [1.165, 1.54) is 12.2 Å². The molecule has 1 heterocycles. The molecule has 0 saturated carbocycles. The summed E-state index contributed by atoms with van der Waals surface area (Å²) in [5.74, 6) is -0.444. The van der Waals surface area contributed by atoms with Crippen molar-refractivity contribution in [2.75, 3.05) is 44.3 Å². The Labute approximate surface area is 193 Å². The number of ether oxygens (including phenoxy) is 1. The van der Waals surface area contributed by atoms with Crippen LogP contribution < -0.4 is 4.90 Å². The lowest BCUT2D eigenvalue weighted by molar-refractivity contribution is -0.117. The maximum absolute atomic E-state index is 12.5. The molecule has 33 heavy (non-hydrogen) atoms. The molecule has 1 saturated heterocycles. The number of aliphatic hydroxyl groups excluding tert-OH is 1. The van der Waals surface area contributed by atoms with Gasteiger partial charge in [-0.25, -0.2) is 4.79 Å². The third kappa shape index (κ3) is 6.89. The summed E-state index contributed by atoms with van der Waals surface area (Å²) in [6, 6.07) is 14.9. The molecule has 0 aromatic heterocycles. The van der Waals surface area contributed by atoms with Gasteiger partial charge in [0.1, 0.15) is 6.61 Å². The Morgan fingerprint density at radius 3 is 2.00 bits per heavy atom. The zero-order valence-corrected chi connectivity index (χ0v) is 18.6. The zero-order chi connectivity index (χ0) is 23.6. The number of allylic oxidation sites excluding steroid dienone is 1. The summed E-state index contributed by atoms with van der Waals surface area (Å²) in [6.45, 7) is 4.30. The van der Waals surface area contributed by atoms with Crippen LogP contribution in [-0.4, -0.2) is 67.1 Å². The minimum Gasteiger partial charge on any atom is -0.450 e. The average Bonchev–Trinajstić information content (AvgIpc) is 2.86. The van der Waals surface area contributed by atoms with Crippen LogP contribution in [0.2, 0.25) is 0 Å². The van der Waals surface area contributed by atoms with Gasteiger partial charge in [-0.3, -0.25) is 9.59 Å². The van der Waals surface area contributed by atoms with E-state index >= 15 is 0 Å². The fourth-order valence-electron chi connectivity index (χ4n) is 3.43. The Bertz CT molecular complexity index is 1020. The fourth-order valence-corrected chi connectivity index (χ4v) is 3.43. The number of ketones is 2. The quantitative estimate of drug-likeness (QED) is 0.492. The van der Waals surface area contributed by atoms with Gasteiger partial charge in [0, 0.05) is 37.4 Å². The van der Waals surface area contributed by atoms with E-state index in [2.05, 4.69) is 4.90 Å². The van der Waals surface area contributed by atoms with Crippen molar-refractivity contribution >= 4 is 35.5 Å². The van der Waals surface area contributed by atoms with E-state index in [4.69, 9.17) is 9.84 Å². The predicted molar refractivity (Wildman–Crippen MR) is 128 cm³/mol. The minimum absolute atomic E-state index is 0.0915. The van der Waals surface area contributed by atoms with Crippen molar-refractivity contribution < 1.29 is 24.2 Å². The van der Waals surface area contributed by atoms with Crippen LogP contribution in [0.1, 0.15) is 28.4 Å². The van der Waals surface area contributed by atoms with Gasteiger partial charge < -0.3 is 19.6 Å². The molecule has 1 aliphatic heterocycles. The van der Waals surface area contributed by atoms with Gasteiger partial charge in [0.2, 0.25) is 0 Å². The second-order valence-corrected chi connectivity index (χ2v) is 7.54. The largest absolute Gasteiger partial charge is 0.450 e. The standard InChI is InChI=1S/C26H28N2O5/c1-2-33-26(32)28-17-15-27(16-18-28)23-11-9-22(10-12-23)25(31)14-8-21-5-3-20(4-6-21)7-13-24(30)19-29/h3-14,29H,2,15-19H2,1H3/b13-7+,14-8+. The van der Waals surface area contributed by atoms with E-state index in [0.29, 0.717) is 38.3 Å². The number of anilines is 1. The number of benzene rings is 2. The fraction of sp³-hybridized carbons (Fsp3) is 0.269. The van der Waals surface area contributed by atoms with Crippen LogP contribution in [0.3, 0.4) is 0 Å². The Morgan fingerprint density at radius 2 is 1.45 bits per heavy atom. The molecule has 172 valence electrons. The third-order valence-corrected chi connectivity index (χ3v) is 5.30. The predicted octanol–water partition coefficient (Wildman–Crippen LogP) is 3.44. The summed E-state index contributed by atoms with van der Waals surface area (Å²) < 4.78 is 5.05. The van der Waals surface area contributed by atoms with Gasteiger partial charge in [-0.2, -0.15) is 0 Å². The molecule has 1 aliphatic rings. The van der Waals surface area contributed by atoms with Crippen LogP contribution in [-0.2, 0) is 9.53 Å². The summed E-state index contributed by atoms with van der Waals surface area (Å²) in [5, 5.41) is 8.74. The highest BCUT2D eigenvalue weighted by Crippen LogP contribution is 2.18. The lowest BCUT2D eigenvalue weighted by Crippen LogP contribution is -2.49. The molecule has 3 rings (SSSR count). The van der Waals surface area contributed by atoms with Gasteiger partial charge in [0.25, 0.3) is 0 Å². The summed E-state index contributed by atoms with van der Waals surface area (Å²) in [4.78, 5) is 39.4. The van der Waals surface area contributed by atoms with Crippen molar-refractivity contribution in [1.82, 2.24) is 4.90 Å². The highest BCUT2D eigenvalue weighted by molar-refractivity contribution is 6.07. The van der Waals surface area contributed by atoms with Crippen LogP contribution in [0.25, 0.3) is 12.2 Å². The summed E-state index contributed by atoms with van der Waals surface area (Å²) >= 11 is 0. The van der Waals surface area contributed by atoms with Gasteiger partial charge in [0.15, 0.2) is 11.6 Å². The molecule has 0 unspecified atom stereocenters. The second kappa shape index (κ2) is 11.8. The van der Waals surface area contributed by atoms with E-state index < -0.39 is 6.61 Å². The summed E-state index contributed by atoms with van der Waals surface area (Å²) in [5.41, 5.74) is 3.31. The number of rotatable bonds is 8. The molecule has 1 fully saturated rings. The Balaban J connectivity index is 1.54. The van der Waals surface area contributed by atoms with Crippen molar-refractivity contribution in [2.24, 2.45) is 0 Å². The second-order valence-electron chi connectivity index (χ2n) is 7.54. The van der Waals surface area contributed by atoms with Gasteiger partial charge in [-0.05, 0) is 54.5 Å². The van der Waals surface area contributed by atoms with Gasteiger partial charge in [-0.15, -0.1) is 0 Å². The molecule has 0 bridgehead atoms. The normalized spacial score (nSPS) is 14.1. The van der Waals surface area contributed by atoms with Crippen molar-refractivity contribution in [1.29, 1.82) is 0 Å². The maximum Gasteiger partial charge on any atom is 0.409 e. The molecule has 0 aliphatic carbocycles. The molecule has 1 amide bonds. The summed E-state index contributed by atoms with van der Waals surface area (Å²) in [7, 11) is 0. The number of carbonyl (C=O) groups is 3.